The van der Waals surface area contributed by atoms with E-state index in [0.29, 0.717) is 19.7 Å². The molecule has 1 unspecified atom stereocenters. The van der Waals surface area contributed by atoms with E-state index in [9.17, 15) is 9.90 Å². The summed E-state index contributed by atoms with van der Waals surface area (Å²) >= 11 is 0. The average Bonchev–Trinajstić information content (AvgIpc) is 2.38. The van der Waals surface area contributed by atoms with E-state index in [1.165, 1.54) is 0 Å². The van der Waals surface area contributed by atoms with Crippen LogP contribution in [0.25, 0.3) is 0 Å². The Balaban J connectivity index is 2.00. The summed E-state index contributed by atoms with van der Waals surface area (Å²) in [6, 6.07) is 7.60. The van der Waals surface area contributed by atoms with Crippen molar-refractivity contribution in [1.29, 1.82) is 0 Å². The largest absolute Gasteiger partial charge is 0.392 e. The van der Waals surface area contributed by atoms with Crippen LogP contribution in [-0.4, -0.2) is 43.4 Å². The molecule has 0 spiro atoms. The van der Waals surface area contributed by atoms with E-state index in [2.05, 4.69) is 5.32 Å². The minimum Gasteiger partial charge on any atom is -0.392 e. The summed E-state index contributed by atoms with van der Waals surface area (Å²) in [5.74, 6) is -0.00839. The highest BCUT2D eigenvalue weighted by molar-refractivity contribution is 5.94. The number of hydrogen-bond acceptors (Lipinski definition) is 4. The predicted molar refractivity (Wildman–Crippen MR) is 69.8 cm³/mol. The van der Waals surface area contributed by atoms with E-state index in [1.54, 1.807) is 11.8 Å². The molecule has 98 valence electrons. The third-order valence-electron chi connectivity index (χ3n) is 2.77. The van der Waals surface area contributed by atoms with Gasteiger partial charge in [-0.25, -0.2) is 0 Å². The topological polar surface area (TPSA) is 61.8 Å². The number of nitrogens with zero attached hydrogens (tertiary/aromatic N) is 1. The van der Waals surface area contributed by atoms with Gasteiger partial charge in [0, 0.05) is 24.5 Å². The molecule has 0 radical (unpaired) electrons. The smallest absolute Gasteiger partial charge is 0.253 e. The number of hydrogen-bond donors (Lipinski definition) is 2. The number of nitrogens with one attached hydrogen (secondary N) is 1. The van der Waals surface area contributed by atoms with Gasteiger partial charge in [-0.05, 0) is 31.2 Å². The molecule has 2 rings (SSSR count). The number of amides is 1. The maximum absolute atomic E-state index is 11.6. The maximum atomic E-state index is 11.6. The lowest BCUT2D eigenvalue weighted by atomic mass is 10.2. The molecule has 1 saturated heterocycles. The molecule has 0 saturated carbocycles. The monoisotopic (exact) mass is 250 g/mol. The van der Waals surface area contributed by atoms with Crippen molar-refractivity contribution in [2.75, 3.05) is 36.5 Å². The van der Waals surface area contributed by atoms with Crippen molar-refractivity contribution in [3.63, 3.8) is 0 Å². The number of morpholine rings is 1. The minimum atomic E-state index is -0.384. The third kappa shape index (κ3) is 3.21. The Morgan fingerprint density at radius 3 is 2.78 bits per heavy atom. The number of carbonyl (C=O) groups excluding carboxylic acids is 1. The molecular weight excluding hydrogens is 232 g/mol. The number of rotatable bonds is 4. The highest BCUT2D eigenvalue weighted by atomic mass is 16.5. The second-order valence-corrected chi connectivity index (χ2v) is 4.37. The van der Waals surface area contributed by atoms with Crippen LogP contribution in [0.15, 0.2) is 24.3 Å². The SMILES string of the molecule is CC(O)CNc1ccc(N2CCOCC2=O)cc1. The number of carbonyl (C=O) groups is 1. The molecule has 1 aromatic rings. The van der Waals surface area contributed by atoms with E-state index in [4.69, 9.17) is 4.74 Å². The van der Waals surface area contributed by atoms with Crippen LogP contribution < -0.4 is 10.2 Å². The van der Waals surface area contributed by atoms with Crippen LogP contribution >= 0.6 is 0 Å². The molecule has 1 atom stereocenters. The van der Waals surface area contributed by atoms with Crippen LogP contribution in [0, 0.1) is 0 Å². The summed E-state index contributed by atoms with van der Waals surface area (Å²) in [6.45, 7) is 3.57. The molecule has 1 aromatic carbocycles. The number of anilines is 2. The van der Waals surface area contributed by atoms with Crippen LogP contribution in [0.2, 0.25) is 0 Å². The molecule has 0 aromatic heterocycles. The summed E-state index contributed by atoms with van der Waals surface area (Å²) in [4.78, 5) is 13.4. The molecule has 0 bridgehead atoms. The zero-order valence-electron chi connectivity index (χ0n) is 10.4. The second-order valence-electron chi connectivity index (χ2n) is 4.37. The first-order valence-corrected chi connectivity index (χ1v) is 6.07. The van der Waals surface area contributed by atoms with E-state index < -0.39 is 0 Å². The molecule has 2 N–H and O–H groups in total. The number of aliphatic hydroxyl groups excluding tert-OH is 1. The summed E-state index contributed by atoms with van der Waals surface area (Å²) in [6.07, 6.45) is -0.384. The first-order chi connectivity index (χ1) is 8.66. The molecule has 1 fully saturated rings. The first-order valence-electron chi connectivity index (χ1n) is 6.07. The fourth-order valence-corrected chi connectivity index (χ4v) is 1.82. The van der Waals surface area contributed by atoms with Crippen LogP contribution in [0.4, 0.5) is 11.4 Å². The Morgan fingerprint density at radius 1 is 1.44 bits per heavy atom. The fourth-order valence-electron chi connectivity index (χ4n) is 1.82. The first kappa shape index (κ1) is 12.9. The Kier molecular flexibility index (Phi) is 4.17. The molecule has 1 aliphatic heterocycles. The van der Waals surface area contributed by atoms with Crippen molar-refractivity contribution in [1.82, 2.24) is 0 Å². The van der Waals surface area contributed by atoms with Crippen molar-refractivity contribution in [3.8, 4) is 0 Å². The van der Waals surface area contributed by atoms with Gasteiger partial charge in [0.2, 0.25) is 0 Å². The van der Waals surface area contributed by atoms with Crippen LogP contribution in [0.3, 0.4) is 0 Å². The highest BCUT2D eigenvalue weighted by Crippen LogP contribution is 2.19. The highest BCUT2D eigenvalue weighted by Gasteiger charge is 2.19. The van der Waals surface area contributed by atoms with Crippen LogP contribution in [0.1, 0.15) is 6.92 Å². The van der Waals surface area contributed by atoms with Gasteiger partial charge >= 0.3 is 0 Å². The second kappa shape index (κ2) is 5.84. The Labute approximate surface area is 106 Å². The zero-order valence-corrected chi connectivity index (χ0v) is 10.4. The van der Waals surface area contributed by atoms with Gasteiger partial charge in [0.1, 0.15) is 6.61 Å². The van der Waals surface area contributed by atoms with Crippen molar-refractivity contribution < 1.29 is 14.6 Å². The van der Waals surface area contributed by atoms with E-state index in [-0.39, 0.29) is 18.6 Å². The summed E-state index contributed by atoms with van der Waals surface area (Å²) in [7, 11) is 0. The van der Waals surface area contributed by atoms with Crippen molar-refractivity contribution >= 4 is 17.3 Å². The third-order valence-corrected chi connectivity index (χ3v) is 2.77. The van der Waals surface area contributed by atoms with Crippen molar-refractivity contribution in [3.05, 3.63) is 24.3 Å². The van der Waals surface area contributed by atoms with E-state index in [0.717, 1.165) is 11.4 Å². The quantitative estimate of drug-likeness (QED) is 0.831. The lowest BCUT2D eigenvalue weighted by Gasteiger charge is -2.27. The molecule has 1 heterocycles. The van der Waals surface area contributed by atoms with Gasteiger partial charge in [-0.1, -0.05) is 0 Å². The summed E-state index contributed by atoms with van der Waals surface area (Å²) in [5, 5.41) is 12.3. The molecule has 1 aliphatic rings. The van der Waals surface area contributed by atoms with E-state index in [1.807, 2.05) is 24.3 Å². The van der Waals surface area contributed by atoms with Crippen molar-refractivity contribution in [2.24, 2.45) is 0 Å². The molecule has 0 aliphatic carbocycles. The minimum absolute atomic E-state index is 0.00839. The maximum Gasteiger partial charge on any atom is 0.253 e. The van der Waals surface area contributed by atoms with E-state index >= 15 is 0 Å². The Morgan fingerprint density at radius 2 is 2.17 bits per heavy atom. The van der Waals surface area contributed by atoms with Crippen LogP contribution in [0.5, 0.6) is 0 Å². The number of benzene rings is 1. The normalized spacial score (nSPS) is 17.7. The molecule has 1 amide bonds. The predicted octanol–water partition coefficient (Wildman–Crippen LogP) is 0.842. The zero-order chi connectivity index (χ0) is 13.0. The standard InChI is InChI=1S/C13H18N2O3/c1-10(16)8-14-11-2-4-12(5-3-11)15-6-7-18-9-13(15)17/h2-5,10,14,16H,6-9H2,1H3. The Bertz CT molecular complexity index is 403. The molecular formula is C13H18N2O3. The van der Waals surface area contributed by atoms with Gasteiger partial charge in [0.15, 0.2) is 0 Å². The van der Waals surface area contributed by atoms with Crippen LogP contribution in [-0.2, 0) is 9.53 Å². The van der Waals surface area contributed by atoms with Gasteiger partial charge in [0.05, 0.1) is 12.7 Å². The molecule has 5 nitrogen and oxygen atoms in total. The Hall–Kier alpha value is -1.59. The van der Waals surface area contributed by atoms with Gasteiger partial charge in [-0.2, -0.15) is 0 Å². The van der Waals surface area contributed by atoms with Gasteiger partial charge < -0.3 is 20.1 Å². The lowest BCUT2D eigenvalue weighted by Crippen LogP contribution is -2.41. The fraction of sp³-hybridized carbons (Fsp3) is 0.462. The molecule has 18 heavy (non-hydrogen) atoms. The number of aliphatic hydroxyl groups is 1. The number of ether oxygens (including phenoxy) is 1. The summed E-state index contributed by atoms with van der Waals surface area (Å²) in [5.41, 5.74) is 1.81. The van der Waals surface area contributed by atoms with Crippen molar-refractivity contribution in [2.45, 2.75) is 13.0 Å². The molecule has 5 heteroatoms. The van der Waals surface area contributed by atoms with Gasteiger partial charge in [0.25, 0.3) is 5.91 Å². The van der Waals surface area contributed by atoms with Gasteiger partial charge in [-0.15, -0.1) is 0 Å². The summed E-state index contributed by atoms with van der Waals surface area (Å²) < 4.78 is 5.09. The van der Waals surface area contributed by atoms with Gasteiger partial charge in [-0.3, -0.25) is 4.79 Å². The average molecular weight is 250 g/mol. The lowest BCUT2D eigenvalue weighted by molar-refractivity contribution is -0.125.